The molecule has 0 aromatic carbocycles. The van der Waals surface area contributed by atoms with Crippen molar-refractivity contribution in [1.29, 1.82) is 0 Å². The lowest BCUT2D eigenvalue weighted by Gasteiger charge is -1.93. The van der Waals surface area contributed by atoms with Gasteiger partial charge in [0.05, 0.1) is 0 Å². The van der Waals surface area contributed by atoms with Gasteiger partial charge in [0.25, 0.3) is 0 Å². The van der Waals surface area contributed by atoms with E-state index in [1.54, 1.807) is 7.11 Å². The molecule has 1 aliphatic carbocycles. The largest absolute Gasteiger partial charge is 0.385 e. The Kier molecular flexibility index (Phi) is 4.08. The Morgan fingerprint density at radius 3 is 3.00 bits per heavy atom. The lowest BCUT2D eigenvalue weighted by Crippen LogP contribution is -1.86. The molecule has 0 N–H and O–H groups in total. The van der Waals surface area contributed by atoms with E-state index in [1.807, 2.05) is 0 Å². The molecule has 1 heteroatoms. The minimum Gasteiger partial charge on any atom is -0.385 e. The van der Waals surface area contributed by atoms with Crippen molar-refractivity contribution in [2.75, 3.05) is 13.7 Å². The van der Waals surface area contributed by atoms with Gasteiger partial charge in [0.1, 0.15) is 0 Å². The van der Waals surface area contributed by atoms with E-state index >= 15 is 0 Å². The van der Waals surface area contributed by atoms with Crippen LogP contribution in [0, 0.1) is 24.2 Å². The Bertz CT molecular complexity index is 148. The molecule has 0 bridgehead atoms. The predicted octanol–water partition coefficient (Wildman–Crippen LogP) is 2.03. The van der Waals surface area contributed by atoms with Gasteiger partial charge in [-0.3, -0.25) is 0 Å². The van der Waals surface area contributed by atoms with Crippen LogP contribution in [-0.4, -0.2) is 13.7 Å². The SMILES string of the molecule is COCCCCC#CC1[CH]C1. The first-order chi connectivity index (χ1) is 5.43. The molecule has 0 aliphatic heterocycles. The molecular weight excluding hydrogens is 136 g/mol. The highest BCUT2D eigenvalue weighted by Crippen LogP contribution is 2.25. The fourth-order valence-corrected chi connectivity index (χ4v) is 0.849. The maximum atomic E-state index is 4.93. The molecule has 1 atom stereocenters. The highest BCUT2D eigenvalue weighted by Gasteiger charge is 2.17. The summed E-state index contributed by atoms with van der Waals surface area (Å²) < 4.78 is 4.93. The molecule has 0 aromatic heterocycles. The Hall–Kier alpha value is -0.480. The number of rotatable bonds is 4. The fraction of sp³-hybridized carbons (Fsp3) is 0.700. The van der Waals surface area contributed by atoms with Crippen LogP contribution < -0.4 is 0 Å². The second-order valence-corrected chi connectivity index (χ2v) is 2.85. The van der Waals surface area contributed by atoms with E-state index in [0.29, 0.717) is 5.92 Å². The van der Waals surface area contributed by atoms with Crippen LogP contribution in [0.5, 0.6) is 0 Å². The van der Waals surface area contributed by atoms with Crippen molar-refractivity contribution in [1.82, 2.24) is 0 Å². The average Bonchev–Trinajstić information content (AvgIpc) is 2.80. The summed E-state index contributed by atoms with van der Waals surface area (Å²) in [4.78, 5) is 0. The lowest BCUT2D eigenvalue weighted by molar-refractivity contribution is 0.193. The van der Waals surface area contributed by atoms with Gasteiger partial charge in [-0.15, -0.1) is 5.92 Å². The van der Waals surface area contributed by atoms with Gasteiger partial charge in [0.2, 0.25) is 0 Å². The van der Waals surface area contributed by atoms with Crippen LogP contribution in [0.2, 0.25) is 0 Å². The topological polar surface area (TPSA) is 9.23 Å². The molecule has 61 valence electrons. The molecule has 0 amide bonds. The molecule has 1 rings (SSSR count). The standard InChI is InChI=1S/C10H15O/c1-11-9-5-3-2-4-6-10-7-8-10/h7,10H,2-3,5,8-9H2,1H3. The van der Waals surface area contributed by atoms with Crippen LogP contribution in [0.15, 0.2) is 0 Å². The maximum Gasteiger partial charge on any atom is 0.0462 e. The minimum absolute atomic E-state index is 0.637. The number of ether oxygens (including phenoxy) is 1. The van der Waals surface area contributed by atoms with Gasteiger partial charge in [-0.05, 0) is 25.7 Å². The predicted molar refractivity (Wildman–Crippen MR) is 45.9 cm³/mol. The second-order valence-electron chi connectivity index (χ2n) is 2.85. The van der Waals surface area contributed by atoms with Gasteiger partial charge in [0, 0.05) is 26.1 Å². The molecule has 1 fully saturated rings. The van der Waals surface area contributed by atoms with Gasteiger partial charge in [-0.25, -0.2) is 0 Å². The Labute approximate surface area is 69.1 Å². The summed E-state index contributed by atoms with van der Waals surface area (Å²) in [5.74, 6) is 6.99. The molecule has 1 nitrogen and oxygen atoms in total. The van der Waals surface area contributed by atoms with Gasteiger partial charge in [-0.1, -0.05) is 5.92 Å². The monoisotopic (exact) mass is 151 g/mol. The average molecular weight is 151 g/mol. The van der Waals surface area contributed by atoms with E-state index in [0.717, 1.165) is 19.4 Å². The molecule has 1 aliphatic rings. The van der Waals surface area contributed by atoms with Crippen molar-refractivity contribution in [3.63, 3.8) is 0 Å². The number of unbranched alkanes of at least 4 members (excludes halogenated alkanes) is 2. The van der Waals surface area contributed by atoms with Crippen LogP contribution in [0.4, 0.5) is 0 Å². The van der Waals surface area contributed by atoms with E-state index in [9.17, 15) is 0 Å². The van der Waals surface area contributed by atoms with Gasteiger partial charge < -0.3 is 4.74 Å². The van der Waals surface area contributed by atoms with Crippen LogP contribution in [0.25, 0.3) is 0 Å². The van der Waals surface area contributed by atoms with E-state index in [-0.39, 0.29) is 0 Å². The van der Waals surface area contributed by atoms with Crippen LogP contribution in [0.3, 0.4) is 0 Å². The van der Waals surface area contributed by atoms with Crippen molar-refractivity contribution >= 4 is 0 Å². The summed E-state index contributed by atoms with van der Waals surface area (Å²) >= 11 is 0. The lowest BCUT2D eigenvalue weighted by atomic mass is 10.2. The number of hydrogen-bond acceptors (Lipinski definition) is 1. The molecule has 1 unspecified atom stereocenters. The molecule has 1 saturated carbocycles. The smallest absolute Gasteiger partial charge is 0.0462 e. The van der Waals surface area contributed by atoms with E-state index in [1.165, 1.54) is 12.8 Å². The zero-order valence-corrected chi connectivity index (χ0v) is 7.10. The highest BCUT2D eigenvalue weighted by atomic mass is 16.5. The van der Waals surface area contributed by atoms with E-state index in [2.05, 4.69) is 18.3 Å². The fourth-order valence-electron chi connectivity index (χ4n) is 0.849. The molecule has 1 radical (unpaired) electrons. The van der Waals surface area contributed by atoms with Crippen LogP contribution >= 0.6 is 0 Å². The third-order valence-electron chi connectivity index (χ3n) is 1.66. The molecule has 11 heavy (non-hydrogen) atoms. The van der Waals surface area contributed by atoms with Crippen molar-refractivity contribution < 1.29 is 4.74 Å². The summed E-state index contributed by atoms with van der Waals surface area (Å²) in [7, 11) is 1.74. The van der Waals surface area contributed by atoms with Gasteiger partial charge in [-0.2, -0.15) is 0 Å². The van der Waals surface area contributed by atoms with Gasteiger partial charge in [0.15, 0.2) is 0 Å². The molecular formula is C10H15O. The van der Waals surface area contributed by atoms with Crippen LogP contribution in [0.1, 0.15) is 25.7 Å². The second kappa shape index (κ2) is 5.21. The van der Waals surface area contributed by atoms with E-state index < -0.39 is 0 Å². The molecule has 0 saturated heterocycles. The third kappa shape index (κ3) is 4.86. The summed E-state index contributed by atoms with van der Waals surface area (Å²) in [5, 5.41) is 0. The first kappa shape index (κ1) is 8.62. The molecule has 0 heterocycles. The summed E-state index contributed by atoms with van der Waals surface area (Å²) in [5.41, 5.74) is 0. The van der Waals surface area contributed by atoms with Crippen molar-refractivity contribution in [3.8, 4) is 11.8 Å². The van der Waals surface area contributed by atoms with Gasteiger partial charge >= 0.3 is 0 Å². The summed E-state index contributed by atoms with van der Waals surface area (Å²) in [6.45, 7) is 0.872. The first-order valence-corrected chi connectivity index (χ1v) is 4.24. The first-order valence-electron chi connectivity index (χ1n) is 4.24. The molecule has 0 aromatic rings. The highest BCUT2D eigenvalue weighted by molar-refractivity contribution is 5.17. The quantitative estimate of drug-likeness (QED) is 0.441. The number of hydrogen-bond donors (Lipinski definition) is 0. The van der Waals surface area contributed by atoms with Crippen molar-refractivity contribution in [2.24, 2.45) is 5.92 Å². The Balaban J connectivity index is 1.84. The van der Waals surface area contributed by atoms with Crippen molar-refractivity contribution in [3.05, 3.63) is 6.42 Å². The summed E-state index contributed by atoms with van der Waals surface area (Å²) in [6, 6.07) is 0. The van der Waals surface area contributed by atoms with E-state index in [4.69, 9.17) is 4.74 Å². The summed E-state index contributed by atoms with van der Waals surface area (Å²) in [6.07, 6.45) is 6.80. The number of methoxy groups -OCH3 is 1. The normalized spacial score (nSPS) is 15.7. The third-order valence-corrected chi connectivity index (χ3v) is 1.66. The van der Waals surface area contributed by atoms with Crippen molar-refractivity contribution in [2.45, 2.75) is 25.7 Å². The zero-order valence-electron chi connectivity index (χ0n) is 7.10. The maximum absolute atomic E-state index is 4.93. The molecule has 0 spiro atoms. The Morgan fingerprint density at radius 1 is 1.55 bits per heavy atom. The minimum atomic E-state index is 0.637. The zero-order chi connectivity index (χ0) is 7.94. The Morgan fingerprint density at radius 2 is 2.36 bits per heavy atom. The van der Waals surface area contributed by atoms with Crippen LogP contribution in [-0.2, 0) is 4.74 Å².